The fraction of sp³-hybridized carbons (Fsp3) is 0.667. The number of aryl methyl sites for hydroxylation is 1. The lowest BCUT2D eigenvalue weighted by Crippen LogP contribution is -2.48. The Morgan fingerprint density at radius 1 is 1.28 bits per heavy atom. The van der Waals surface area contributed by atoms with Crippen molar-refractivity contribution in [1.82, 2.24) is 14.9 Å². The Labute approximate surface area is 173 Å². The molecule has 29 heavy (non-hydrogen) atoms. The lowest BCUT2D eigenvalue weighted by Gasteiger charge is -2.30. The van der Waals surface area contributed by atoms with Crippen LogP contribution in [0.15, 0.2) is 18.7 Å². The second kappa shape index (κ2) is 11.6. The molecular formula is C21H33N3O5. The van der Waals surface area contributed by atoms with E-state index in [9.17, 15) is 9.59 Å². The van der Waals surface area contributed by atoms with Crippen LogP contribution in [0.4, 0.5) is 0 Å². The summed E-state index contributed by atoms with van der Waals surface area (Å²) in [6.07, 6.45) is 11.2. The van der Waals surface area contributed by atoms with E-state index in [1.165, 1.54) is 0 Å². The van der Waals surface area contributed by atoms with E-state index in [-0.39, 0.29) is 31.8 Å². The molecule has 0 aliphatic heterocycles. The number of nitrogens with zero attached hydrogens (tertiary/aromatic N) is 2. The zero-order chi connectivity index (χ0) is 21.9. The van der Waals surface area contributed by atoms with Crippen molar-refractivity contribution in [2.75, 3.05) is 26.4 Å². The van der Waals surface area contributed by atoms with Gasteiger partial charge in [0.2, 0.25) is 5.91 Å². The standard InChI is InChI=1S/C21H33N3O5/c1-7-13-29-20(4,5)19(26)28-15-21(6,14-27-17(2)3)18(25)23-9-8-11-24-12-10-22-16-24/h1,10,12,16-17H,8-9,11,13-15H2,2-6H3,(H,23,25). The van der Waals surface area contributed by atoms with Gasteiger partial charge in [-0.25, -0.2) is 9.78 Å². The van der Waals surface area contributed by atoms with Crippen LogP contribution in [0.3, 0.4) is 0 Å². The van der Waals surface area contributed by atoms with Gasteiger partial charge in [0.25, 0.3) is 0 Å². The second-order valence-corrected chi connectivity index (χ2v) is 7.91. The topological polar surface area (TPSA) is 91.7 Å². The van der Waals surface area contributed by atoms with Crippen LogP contribution in [-0.4, -0.2) is 59.5 Å². The summed E-state index contributed by atoms with van der Waals surface area (Å²) in [6, 6.07) is 0. The first-order valence-corrected chi connectivity index (χ1v) is 9.71. The lowest BCUT2D eigenvalue weighted by atomic mass is 9.91. The predicted octanol–water partition coefficient (Wildman–Crippen LogP) is 1.79. The van der Waals surface area contributed by atoms with Gasteiger partial charge in [-0.15, -0.1) is 6.42 Å². The lowest BCUT2D eigenvalue weighted by molar-refractivity contribution is -0.173. The van der Waals surface area contributed by atoms with E-state index < -0.39 is 17.0 Å². The number of carbonyl (C=O) groups excluding carboxylic acids is 2. The highest BCUT2D eigenvalue weighted by Crippen LogP contribution is 2.21. The molecule has 1 rings (SSSR count). The third-order valence-electron chi connectivity index (χ3n) is 4.25. The molecule has 1 aromatic heterocycles. The molecule has 8 nitrogen and oxygen atoms in total. The molecule has 0 fully saturated rings. The van der Waals surface area contributed by atoms with E-state index in [1.807, 2.05) is 24.6 Å². The molecule has 0 spiro atoms. The zero-order valence-electron chi connectivity index (χ0n) is 18.1. The summed E-state index contributed by atoms with van der Waals surface area (Å²) in [5.41, 5.74) is -2.23. The van der Waals surface area contributed by atoms with Gasteiger partial charge >= 0.3 is 5.97 Å². The molecule has 1 heterocycles. The third kappa shape index (κ3) is 8.67. The van der Waals surface area contributed by atoms with Gasteiger partial charge < -0.3 is 24.1 Å². The minimum Gasteiger partial charge on any atom is -0.462 e. The fourth-order valence-electron chi connectivity index (χ4n) is 2.30. The molecule has 1 atom stereocenters. The summed E-state index contributed by atoms with van der Waals surface area (Å²) in [7, 11) is 0. The molecule has 1 amide bonds. The third-order valence-corrected chi connectivity index (χ3v) is 4.25. The van der Waals surface area contributed by atoms with Crippen LogP contribution in [0, 0.1) is 17.8 Å². The number of carbonyl (C=O) groups is 2. The number of imidazole rings is 1. The Morgan fingerprint density at radius 2 is 2.00 bits per heavy atom. The van der Waals surface area contributed by atoms with Crippen LogP contribution in [0.25, 0.3) is 0 Å². The minimum absolute atomic E-state index is 0.00672. The Morgan fingerprint density at radius 3 is 2.59 bits per heavy atom. The van der Waals surface area contributed by atoms with Crippen molar-refractivity contribution in [2.45, 2.75) is 59.3 Å². The van der Waals surface area contributed by atoms with Gasteiger partial charge in [0.1, 0.15) is 18.6 Å². The van der Waals surface area contributed by atoms with Crippen molar-refractivity contribution >= 4 is 11.9 Å². The van der Waals surface area contributed by atoms with Gasteiger partial charge in [0, 0.05) is 25.5 Å². The van der Waals surface area contributed by atoms with Crippen molar-refractivity contribution in [3.8, 4) is 12.3 Å². The van der Waals surface area contributed by atoms with Crippen molar-refractivity contribution in [3.63, 3.8) is 0 Å². The molecule has 0 aliphatic carbocycles. The van der Waals surface area contributed by atoms with Gasteiger partial charge in [0.05, 0.1) is 19.0 Å². The van der Waals surface area contributed by atoms with E-state index in [0.29, 0.717) is 6.54 Å². The van der Waals surface area contributed by atoms with E-state index >= 15 is 0 Å². The van der Waals surface area contributed by atoms with Gasteiger partial charge in [0.15, 0.2) is 5.60 Å². The number of amides is 1. The number of terminal acetylenes is 1. The summed E-state index contributed by atoms with van der Waals surface area (Å²) < 4.78 is 18.3. The maximum atomic E-state index is 12.8. The van der Waals surface area contributed by atoms with Crippen molar-refractivity contribution in [2.24, 2.45) is 5.41 Å². The maximum absolute atomic E-state index is 12.8. The molecule has 0 radical (unpaired) electrons. The van der Waals surface area contributed by atoms with Gasteiger partial charge in [-0.3, -0.25) is 4.79 Å². The Bertz CT molecular complexity index is 679. The molecule has 1 aromatic rings. The largest absolute Gasteiger partial charge is 0.462 e. The number of aromatic nitrogens is 2. The smallest absolute Gasteiger partial charge is 0.337 e. The quantitative estimate of drug-likeness (QED) is 0.305. The highest BCUT2D eigenvalue weighted by molar-refractivity contribution is 5.83. The van der Waals surface area contributed by atoms with Gasteiger partial charge in [-0.1, -0.05) is 5.92 Å². The molecule has 0 aliphatic rings. The zero-order valence-corrected chi connectivity index (χ0v) is 18.1. The molecule has 8 heteroatoms. The molecule has 0 bridgehead atoms. The summed E-state index contributed by atoms with van der Waals surface area (Å²) in [4.78, 5) is 29.2. The van der Waals surface area contributed by atoms with E-state index in [4.69, 9.17) is 20.6 Å². The fourth-order valence-corrected chi connectivity index (χ4v) is 2.30. The van der Waals surface area contributed by atoms with Crippen LogP contribution < -0.4 is 5.32 Å². The average Bonchev–Trinajstić information content (AvgIpc) is 3.19. The van der Waals surface area contributed by atoms with Crippen molar-refractivity contribution in [1.29, 1.82) is 0 Å². The monoisotopic (exact) mass is 407 g/mol. The maximum Gasteiger partial charge on any atom is 0.337 e. The second-order valence-electron chi connectivity index (χ2n) is 7.91. The van der Waals surface area contributed by atoms with E-state index in [0.717, 1.165) is 13.0 Å². The van der Waals surface area contributed by atoms with Crippen LogP contribution in [0.5, 0.6) is 0 Å². The molecule has 162 valence electrons. The van der Waals surface area contributed by atoms with Crippen LogP contribution in [-0.2, 0) is 30.3 Å². The number of hydrogen-bond acceptors (Lipinski definition) is 6. The first kappa shape index (κ1) is 24.7. The van der Waals surface area contributed by atoms with Crippen LogP contribution >= 0.6 is 0 Å². The predicted molar refractivity (Wildman–Crippen MR) is 109 cm³/mol. The number of esters is 1. The number of nitrogens with one attached hydrogen (secondary N) is 1. The van der Waals surface area contributed by atoms with Crippen LogP contribution in [0.1, 0.15) is 41.0 Å². The molecule has 1 N–H and O–H groups in total. The van der Waals surface area contributed by atoms with E-state index in [2.05, 4.69) is 16.2 Å². The van der Waals surface area contributed by atoms with Gasteiger partial charge in [-0.2, -0.15) is 0 Å². The highest BCUT2D eigenvalue weighted by atomic mass is 16.6. The Hall–Kier alpha value is -2.37. The minimum atomic E-state index is -1.20. The molecule has 1 unspecified atom stereocenters. The average molecular weight is 408 g/mol. The first-order valence-electron chi connectivity index (χ1n) is 9.71. The van der Waals surface area contributed by atoms with E-state index in [1.54, 1.807) is 33.3 Å². The van der Waals surface area contributed by atoms with Crippen LogP contribution in [0.2, 0.25) is 0 Å². The number of rotatable bonds is 13. The summed E-state index contributed by atoms with van der Waals surface area (Å²) >= 11 is 0. The summed E-state index contributed by atoms with van der Waals surface area (Å²) in [6.45, 7) is 9.84. The number of ether oxygens (including phenoxy) is 3. The van der Waals surface area contributed by atoms with Crippen molar-refractivity contribution in [3.05, 3.63) is 18.7 Å². The molecule has 0 saturated heterocycles. The molecule has 0 saturated carbocycles. The van der Waals surface area contributed by atoms with Crippen molar-refractivity contribution < 1.29 is 23.8 Å². The first-order chi connectivity index (χ1) is 13.6. The highest BCUT2D eigenvalue weighted by Gasteiger charge is 2.38. The Kier molecular flexibility index (Phi) is 9.86. The van der Waals surface area contributed by atoms with Gasteiger partial charge in [-0.05, 0) is 41.0 Å². The SMILES string of the molecule is C#CCOC(C)(C)C(=O)OCC(C)(COC(C)C)C(=O)NCCCn1ccnc1. The molecule has 0 aromatic carbocycles. The number of hydrogen-bond donors (Lipinski definition) is 1. The normalized spacial score (nSPS) is 13.6. The molecular weight excluding hydrogens is 374 g/mol. The summed E-state index contributed by atoms with van der Waals surface area (Å²) in [5.74, 6) is 1.50. The summed E-state index contributed by atoms with van der Waals surface area (Å²) in [5, 5.41) is 2.90. The Balaban J connectivity index is 2.63.